The van der Waals surface area contributed by atoms with Gasteiger partial charge >= 0.3 is 5.97 Å². The van der Waals surface area contributed by atoms with E-state index in [0.717, 1.165) is 148 Å². The standard InChI is InChI=1S/C74H121NO10/c1-4-7-10-13-16-19-22-25-27-29-31-33-35-36-38-40-43-46-49-52-55-58-61-67(78)73(82)75-65(66(77)60-57-54-51-48-45-42-24-21-18-15-12-9-6-3)64-83-74-72(71(81)70(80)68(63-76)84-74)85-69(79)62-59-56-53-50-47-44-41-39-37-34-32-30-28-26-23-20-17-14-11-8-5-2/h7-8,10-11,16-17,19-20,25-28,31-34,36,38-39,41,47,50,57,60,65-68,70-72,74,76-78,80-81H,4-6,9,12-15,18,21-24,29-30,35,37,40,42-46,48-49,51-56,58-59,61-64H2,1-3H3,(H,75,82)/b10-7-,11-8-,19-16-,20-17-,27-25-,28-26-,33-31-,34-32-,38-36-,41-39-,50-47-,60-57+. The summed E-state index contributed by atoms with van der Waals surface area (Å²) < 4.78 is 17.6. The number of ether oxygens (including phenoxy) is 3. The number of rotatable bonds is 55. The maximum Gasteiger partial charge on any atom is 0.306 e. The number of nitrogens with one attached hydrogen (secondary N) is 1. The van der Waals surface area contributed by atoms with Gasteiger partial charge in [0.2, 0.25) is 5.91 Å². The second-order valence-corrected chi connectivity index (χ2v) is 22.4. The number of esters is 1. The fourth-order valence-corrected chi connectivity index (χ4v) is 9.50. The van der Waals surface area contributed by atoms with Crippen molar-refractivity contribution in [2.75, 3.05) is 13.2 Å². The van der Waals surface area contributed by atoms with Crippen molar-refractivity contribution in [3.05, 3.63) is 146 Å². The molecule has 0 aromatic carbocycles. The van der Waals surface area contributed by atoms with Gasteiger partial charge in [0.05, 0.1) is 25.4 Å². The van der Waals surface area contributed by atoms with E-state index in [-0.39, 0.29) is 19.4 Å². The first kappa shape index (κ1) is 78.6. The van der Waals surface area contributed by atoms with Crippen LogP contribution in [0.25, 0.3) is 0 Å². The molecule has 0 aromatic rings. The van der Waals surface area contributed by atoms with E-state index >= 15 is 0 Å². The van der Waals surface area contributed by atoms with Gasteiger partial charge in [0.1, 0.15) is 24.4 Å². The highest BCUT2D eigenvalue weighted by Gasteiger charge is 2.47. The molecule has 11 heteroatoms. The second-order valence-electron chi connectivity index (χ2n) is 22.4. The van der Waals surface area contributed by atoms with Crippen molar-refractivity contribution < 1.29 is 49.3 Å². The van der Waals surface area contributed by atoms with Crippen molar-refractivity contribution in [2.45, 2.75) is 294 Å². The normalized spacial score (nSPS) is 19.4. The molecule has 11 nitrogen and oxygen atoms in total. The molecule has 1 heterocycles. The Morgan fingerprint density at radius 2 is 0.847 bits per heavy atom. The van der Waals surface area contributed by atoms with Crippen molar-refractivity contribution in [3.63, 3.8) is 0 Å². The van der Waals surface area contributed by atoms with Gasteiger partial charge in [-0.15, -0.1) is 0 Å². The average molecular weight is 1180 g/mol. The Kier molecular flexibility index (Phi) is 55.3. The minimum absolute atomic E-state index is 0.0586. The molecule has 0 aromatic heterocycles. The number of carbonyl (C=O) groups excluding carboxylic acids is 2. The summed E-state index contributed by atoms with van der Waals surface area (Å²) >= 11 is 0. The summed E-state index contributed by atoms with van der Waals surface area (Å²) in [6.07, 6.45) is 75.9. The zero-order valence-electron chi connectivity index (χ0n) is 53.4. The van der Waals surface area contributed by atoms with Gasteiger partial charge in [0.25, 0.3) is 0 Å². The third kappa shape index (κ3) is 47.3. The number of carbonyl (C=O) groups is 2. The summed E-state index contributed by atoms with van der Waals surface area (Å²) in [5.41, 5.74) is 0. The number of amides is 1. The number of hydrogen-bond acceptors (Lipinski definition) is 10. The molecule has 8 atom stereocenters. The van der Waals surface area contributed by atoms with Crippen LogP contribution in [0, 0.1) is 0 Å². The van der Waals surface area contributed by atoms with Crippen LogP contribution in [0.2, 0.25) is 0 Å². The van der Waals surface area contributed by atoms with Crippen molar-refractivity contribution >= 4 is 11.9 Å². The molecular formula is C74H121NO10. The maximum atomic E-state index is 13.5. The van der Waals surface area contributed by atoms with E-state index in [0.29, 0.717) is 12.8 Å². The Bertz CT molecular complexity index is 1940. The van der Waals surface area contributed by atoms with Crippen LogP contribution >= 0.6 is 0 Å². The number of hydrogen-bond donors (Lipinski definition) is 6. The number of aliphatic hydroxyl groups is 5. The zero-order valence-corrected chi connectivity index (χ0v) is 53.4. The fourth-order valence-electron chi connectivity index (χ4n) is 9.50. The van der Waals surface area contributed by atoms with Gasteiger partial charge in [-0.3, -0.25) is 9.59 Å². The van der Waals surface area contributed by atoms with Crippen LogP contribution in [0.3, 0.4) is 0 Å². The molecule has 1 fully saturated rings. The van der Waals surface area contributed by atoms with Crippen molar-refractivity contribution in [1.29, 1.82) is 0 Å². The van der Waals surface area contributed by atoms with Crippen LogP contribution in [0.1, 0.15) is 245 Å². The van der Waals surface area contributed by atoms with Crippen LogP contribution in [-0.2, 0) is 23.8 Å². The molecule has 0 saturated carbocycles. The highest BCUT2D eigenvalue weighted by atomic mass is 16.7. The molecule has 0 radical (unpaired) electrons. The molecule has 1 aliphatic rings. The van der Waals surface area contributed by atoms with E-state index in [9.17, 15) is 35.1 Å². The first-order valence-electron chi connectivity index (χ1n) is 33.6. The summed E-state index contributed by atoms with van der Waals surface area (Å²) in [6, 6.07) is -1.05. The molecule has 8 unspecified atom stereocenters. The highest BCUT2D eigenvalue weighted by molar-refractivity contribution is 5.80. The van der Waals surface area contributed by atoms with Crippen molar-refractivity contribution in [3.8, 4) is 0 Å². The Morgan fingerprint density at radius 1 is 0.471 bits per heavy atom. The van der Waals surface area contributed by atoms with Gasteiger partial charge in [-0.1, -0.05) is 263 Å². The van der Waals surface area contributed by atoms with E-state index in [1.807, 2.05) is 6.08 Å². The molecule has 1 amide bonds. The molecule has 0 spiro atoms. The lowest BCUT2D eigenvalue weighted by Gasteiger charge is -2.41. The lowest BCUT2D eigenvalue weighted by Crippen LogP contribution is -2.61. The first-order chi connectivity index (χ1) is 41.7. The van der Waals surface area contributed by atoms with Crippen LogP contribution in [0.15, 0.2) is 146 Å². The SMILES string of the molecule is CC/C=C\C/C=C\C/C=C\C/C=C\C/C=C\C/C=C\CCCCC(=O)OC1C(OCC(NC(=O)C(O)CCCCCCCC/C=C\C/C=C\C/C=C\C/C=C\C/C=C\CC)C(O)/C=C/CCCCCCCCCCCCC)OC(CO)C(O)C1O. The third-order valence-corrected chi connectivity index (χ3v) is 14.7. The molecule has 0 bridgehead atoms. The number of unbranched alkanes of at least 4 members (excludes halogenated alkanes) is 19. The van der Waals surface area contributed by atoms with Gasteiger partial charge in [-0.05, 0) is 122 Å². The number of aliphatic hydroxyl groups excluding tert-OH is 5. The first-order valence-corrected chi connectivity index (χ1v) is 33.6. The third-order valence-electron chi connectivity index (χ3n) is 14.7. The Labute approximate surface area is 517 Å². The summed E-state index contributed by atoms with van der Waals surface area (Å²) in [5.74, 6) is -1.26. The molecule has 1 rings (SSSR count). The Balaban J connectivity index is 2.69. The maximum absolute atomic E-state index is 13.5. The van der Waals surface area contributed by atoms with Crippen LogP contribution in [0.5, 0.6) is 0 Å². The summed E-state index contributed by atoms with van der Waals surface area (Å²) in [7, 11) is 0. The predicted molar refractivity (Wildman–Crippen MR) is 356 cm³/mol. The zero-order chi connectivity index (χ0) is 61.7. The van der Waals surface area contributed by atoms with E-state index in [4.69, 9.17) is 14.2 Å². The van der Waals surface area contributed by atoms with Crippen LogP contribution in [0.4, 0.5) is 0 Å². The van der Waals surface area contributed by atoms with E-state index in [2.05, 4.69) is 160 Å². The quantitative estimate of drug-likeness (QED) is 0.0195. The molecule has 482 valence electrons. The largest absolute Gasteiger partial charge is 0.454 e. The summed E-state index contributed by atoms with van der Waals surface area (Å²) in [5, 5.41) is 57.2. The van der Waals surface area contributed by atoms with Gasteiger partial charge < -0.3 is 45.1 Å². The molecule has 6 N–H and O–H groups in total. The van der Waals surface area contributed by atoms with Gasteiger partial charge in [-0.2, -0.15) is 0 Å². The molecule has 1 saturated heterocycles. The van der Waals surface area contributed by atoms with Crippen molar-refractivity contribution in [2.24, 2.45) is 0 Å². The van der Waals surface area contributed by atoms with Gasteiger partial charge in [0.15, 0.2) is 12.4 Å². The molecule has 0 aliphatic carbocycles. The van der Waals surface area contributed by atoms with Crippen LogP contribution in [-0.4, -0.2) is 99.6 Å². The second kappa shape index (κ2) is 59.9. The van der Waals surface area contributed by atoms with Gasteiger partial charge in [0, 0.05) is 6.42 Å². The van der Waals surface area contributed by atoms with Crippen molar-refractivity contribution in [1.82, 2.24) is 5.32 Å². The van der Waals surface area contributed by atoms with E-state index in [1.54, 1.807) is 6.08 Å². The predicted octanol–water partition coefficient (Wildman–Crippen LogP) is 16.9. The molecule has 85 heavy (non-hydrogen) atoms. The molecular weight excluding hydrogens is 1060 g/mol. The summed E-state index contributed by atoms with van der Waals surface area (Å²) in [4.78, 5) is 26.6. The minimum Gasteiger partial charge on any atom is -0.454 e. The summed E-state index contributed by atoms with van der Waals surface area (Å²) in [6.45, 7) is 5.53. The smallest absolute Gasteiger partial charge is 0.306 e. The average Bonchev–Trinajstić information content (AvgIpc) is 2.48. The topological polar surface area (TPSA) is 175 Å². The lowest BCUT2D eigenvalue weighted by molar-refractivity contribution is -0.305. The van der Waals surface area contributed by atoms with E-state index < -0.39 is 67.4 Å². The monoisotopic (exact) mass is 1180 g/mol. The lowest BCUT2D eigenvalue weighted by atomic mass is 9.99. The molecule has 1 aliphatic heterocycles. The Morgan fingerprint density at radius 3 is 1.27 bits per heavy atom. The Hall–Kier alpha value is -4.46. The highest BCUT2D eigenvalue weighted by Crippen LogP contribution is 2.26. The fraction of sp³-hybridized carbons (Fsp3) is 0.649. The minimum atomic E-state index is -1.65. The van der Waals surface area contributed by atoms with Crippen LogP contribution < -0.4 is 5.32 Å². The number of allylic oxidation sites excluding steroid dienone is 23. The van der Waals surface area contributed by atoms with E-state index in [1.165, 1.54) is 51.4 Å². The van der Waals surface area contributed by atoms with Gasteiger partial charge in [-0.25, -0.2) is 0 Å².